The smallest absolute Gasteiger partial charge is 0.271 e. The Bertz CT molecular complexity index is 848. The molecule has 1 aliphatic heterocycles. The first kappa shape index (κ1) is 25.1. The number of benzene rings is 1. The fraction of sp³-hybridized carbons (Fsp3) is 0.565. The van der Waals surface area contributed by atoms with E-state index in [0.717, 1.165) is 24.2 Å². The Morgan fingerprint density at radius 1 is 1.18 bits per heavy atom. The van der Waals surface area contributed by atoms with Gasteiger partial charge in [0.05, 0.1) is 13.2 Å². The van der Waals surface area contributed by atoms with Gasteiger partial charge in [0.1, 0.15) is 35.9 Å². The Labute approximate surface area is 192 Å². The molecular weight excluding hydrogens is 430 g/mol. The monoisotopic (exact) mass is 463 g/mol. The van der Waals surface area contributed by atoms with Crippen LogP contribution in [0.15, 0.2) is 36.5 Å². The second-order valence-electron chi connectivity index (χ2n) is 8.13. The molecule has 0 radical (unpaired) electrons. The third-order valence-electron chi connectivity index (χ3n) is 5.68. The van der Waals surface area contributed by atoms with E-state index >= 15 is 0 Å². The maximum Gasteiger partial charge on any atom is 0.271 e. The Morgan fingerprint density at radius 2 is 2.00 bits per heavy atom. The van der Waals surface area contributed by atoms with Crippen molar-refractivity contribution in [2.45, 2.75) is 50.1 Å². The van der Waals surface area contributed by atoms with Crippen molar-refractivity contribution in [1.82, 2.24) is 15.1 Å². The zero-order valence-corrected chi connectivity index (χ0v) is 18.5. The van der Waals surface area contributed by atoms with Gasteiger partial charge >= 0.3 is 0 Å². The van der Waals surface area contributed by atoms with Gasteiger partial charge in [-0.25, -0.2) is 0 Å². The molecule has 0 aliphatic carbocycles. The normalized spacial score (nSPS) is 24.5. The molecule has 0 bridgehead atoms. The van der Waals surface area contributed by atoms with Crippen molar-refractivity contribution < 1.29 is 34.7 Å². The highest BCUT2D eigenvalue weighted by Gasteiger charge is 2.34. The quantitative estimate of drug-likeness (QED) is 0.431. The molecular formula is C23H33N3O7. The summed E-state index contributed by atoms with van der Waals surface area (Å²) in [5, 5.41) is 47.3. The number of amides is 1. The lowest BCUT2D eigenvalue weighted by Gasteiger charge is -2.33. The third-order valence-corrected chi connectivity index (χ3v) is 5.68. The van der Waals surface area contributed by atoms with Crippen molar-refractivity contribution >= 4 is 5.91 Å². The number of aliphatic hydroxyl groups is 4. The summed E-state index contributed by atoms with van der Waals surface area (Å²) in [5.74, 6) is 0.404. The molecule has 4 atom stereocenters. The minimum absolute atomic E-state index is 0.201. The summed E-state index contributed by atoms with van der Waals surface area (Å²) in [6.07, 6.45) is -1.32. The number of nitrogens with zero attached hydrogens (tertiary/aromatic N) is 2. The molecule has 10 nitrogen and oxygen atoms in total. The predicted octanol–water partition coefficient (Wildman–Crippen LogP) is 0.118. The number of ether oxygens (including phenoxy) is 2. The Morgan fingerprint density at radius 3 is 2.76 bits per heavy atom. The van der Waals surface area contributed by atoms with E-state index in [1.54, 1.807) is 0 Å². The summed E-state index contributed by atoms with van der Waals surface area (Å²) in [5.41, 5.74) is 1.32. The van der Waals surface area contributed by atoms with Crippen LogP contribution < -0.4 is 4.74 Å². The summed E-state index contributed by atoms with van der Waals surface area (Å²) in [7, 11) is 0. The number of fused-ring (bicyclic) bond motifs is 1. The molecule has 0 fully saturated rings. The average Bonchev–Trinajstić information content (AvgIpc) is 3.37. The lowest BCUT2D eigenvalue weighted by molar-refractivity contribution is -0.145. The van der Waals surface area contributed by atoms with Gasteiger partial charge < -0.3 is 34.8 Å². The van der Waals surface area contributed by atoms with Crippen LogP contribution in [0, 0.1) is 0 Å². The van der Waals surface area contributed by atoms with Gasteiger partial charge in [0, 0.05) is 25.9 Å². The van der Waals surface area contributed by atoms with E-state index in [1.165, 1.54) is 17.2 Å². The number of β-amino-alcohol motifs (C(OH)–C–C–N with tert-alkyl or cyclic N) is 1. The van der Waals surface area contributed by atoms with Gasteiger partial charge in [-0.2, -0.15) is 5.10 Å². The van der Waals surface area contributed by atoms with Gasteiger partial charge in [0.2, 0.25) is 0 Å². The van der Waals surface area contributed by atoms with E-state index in [9.17, 15) is 25.2 Å². The Balaban J connectivity index is 1.79. The first-order valence-corrected chi connectivity index (χ1v) is 11.3. The lowest BCUT2D eigenvalue weighted by atomic mass is 10.0. The number of hydrogen-bond acceptors (Lipinski definition) is 8. The molecule has 0 spiro atoms. The van der Waals surface area contributed by atoms with Crippen molar-refractivity contribution in [2.75, 3.05) is 32.9 Å². The number of nitrogens with one attached hydrogen (secondary N) is 1. The SMILES string of the molecule is O=C(c1ccn[nH]1)N1CCCOc2ccccc2CCCCO[C@H]([C@H](O)CO)[C@H](O)[C@H](O)C1. The minimum Gasteiger partial charge on any atom is -0.493 e. The van der Waals surface area contributed by atoms with Crippen LogP contribution in [-0.2, 0) is 11.2 Å². The topological polar surface area (TPSA) is 148 Å². The highest BCUT2D eigenvalue weighted by Crippen LogP contribution is 2.21. The van der Waals surface area contributed by atoms with Gasteiger partial charge in [-0.15, -0.1) is 0 Å². The van der Waals surface area contributed by atoms with Crippen LogP contribution in [-0.4, -0.2) is 98.8 Å². The van der Waals surface area contributed by atoms with Crippen LogP contribution in [0.5, 0.6) is 5.75 Å². The van der Waals surface area contributed by atoms with E-state index in [2.05, 4.69) is 10.2 Å². The number of H-pyrrole nitrogens is 1. The molecule has 182 valence electrons. The molecule has 0 saturated heterocycles. The zero-order valence-electron chi connectivity index (χ0n) is 18.5. The fourth-order valence-electron chi connectivity index (χ4n) is 3.84. The average molecular weight is 464 g/mol. The van der Waals surface area contributed by atoms with Crippen molar-refractivity contribution in [3.8, 4) is 5.75 Å². The first-order chi connectivity index (χ1) is 16.0. The summed E-state index contributed by atoms with van der Waals surface area (Å²) >= 11 is 0. The number of aromatic amines is 1. The molecule has 1 aromatic carbocycles. The van der Waals surface area contributed by atoms with Gasteiger partial charge in [0.25, 0.3) is 5.91 Å². The molecule has 33 heavy (non-hydrogen) atoms. The largest absolute Gasteiger partial charge is 0.493 e. The van der Waals surface area contributed by atoms with Crippen LogP contribution in [0.2, 0.25) is 0 Å². The number of hydrogen-bond donors (Lipinski definition) is 5. The summed E-state index contributed by atoms with van der Waals surface area (Å²) in [4.78, 5) is 14.3. The summed E-state index contributed by atoms with van der Waals surface area (Å²) < 4.78 is 11.6. The van der Waals surface area contributed by atoms with Crippen molar-refractivity contribution in [1.29, 1.82) is 0 Å². The predicted molar refractivity (Wildman–Crippen MR) is 119 cm³/mol. The molecule has 1 amide bonds. The second-order valence-corrected chi connectivity index (χ2v) is 8.13. The number of carbonyl (C=O) groups excluding carboxylic acids is 1. The van der Waals surface area contributed by atoms with Gasteiger partial charge in [-0.1, -0.05) is 18.2 Å². The van der Waals surface area contributed by atoms with E-state index in [0.29, 0.717) is 19.4 Å². The molecule has 5 N–H and O–H groups in total. The maximum atomic E-state index is 12.9. The molecule has 2 heterocycles. The number of aromatic nitrogens is 2. The number of rotatable bonds is 3. The number of para-hydroxylation sites is 1. The molecule has 1 aromatic heterocycles. The molecule has 0 unspecified atom stereocenters. The lowest BCUT2D eigenvalue weighted by Crippen LogP contribution is -2.52. The maximum absolute atomic E-state index is 12.9. The number of aryl methyl sites for hydroxylation is 1. The highest BCUT2D eigenvalue weighted by atomic mass is 16.5. The van der Waals surface area contributed by atoms with Crippen LogP contribution in [0.25, 0.3) is 0 Å². The Kier molecular flexibility index (Phi) is 9.64. The molecule has 1 aliphatic rings. The van der Waals surface area contributed by atoms with E-state index in [4.69, 9.17) is 9.47 Å². The second kappa shape index (κ2) is 12.7. The standard InChI is InChI=1S/C23H33N3O7/c27-15-19(29)22-21(30)18(28)14-26(23(31)17-9-10-24-25-17)11-5-13-32-20-8-2-1-6-16(20)7-3-4-12-33-22/h1-2,6,8-10,18-19,21-22,27-30H,3-5,7,11-15H2,(H,24,25)/t18-,19-,21-,22-/m1/s1. The molecule has 3 rings (SSSR count). The summed E-state index contributed by atoms with van der Waals surface area (Å²) in [6.45, 7) is 0.0319. The highest BCUT2D eigenvalue weighted by molar-refractivity contribution is 5.92. The van der Waals surface area contributed by atoms with Crippen molar-refractivity contribution in [3.63, 3.8) is 0 Å². The van der Waals surface area contributed by atoms with Crippen LogP contribution in [0.1, 0.15) is 35.3 Å². The third kappa shape index (κ3) is 6.99. The van der Waals surface area contributed by atoms with Crippen LogP contribution >= 0.6 is 0 Å². The zero-order chi connectivity index (χ0) is 23.6. The van der Waals surface area contributed by atoms with Crippen LogP contribution in [0.4, 0.5) is 0 Å². The number of aliphatic hydroxyl groups excluding tert-OH is 4. The van der Waals surface area contributed by atoms with E-state index < -0.39 is 31.0 Å². The van der Waals surface area contributed by atoms with E-state index in [-0.39, 0.29) is 31.3 Å². The van der Waals surface area contributed by atoms with Gasteiger partial charge in [0.15, 0.2) is 0 Å². The number of carbonyl (C=O) groups is 1. The molecule has 0 saturated carbocycles. The molecule has 10 heteroatoms. The van der Waals surface area contributed by atoms with Crippen molar-refractivity contribution in [3.05, 3.63) is 47.8 Å². The first-order valence-electron chi connectivity index (χ1n) is 11.3. The van der Waals surface area contributed by atoms with Gasteiger partial charge in [-0.05, 0) is 43.4 Å². The summed E-state index contributed by atoms with van der Waals surface area (Å²) in [6, 6.07) is 9.31. The van der Waals surface area contributed by atoms with Crippen LogP contribution in [0.3, 0.4) is 0 Å². The van der Waals surface area contributed by atoms with Gasteiger partial charge in [-0.3, -0.25) is 9.89 Å². The van der Waals surface area contributed by atoms with E-state index in [1.807, 2.05) is 24.3 Å². The molecule has 2 aromatic rings. The fourth-order valence-corrected chi connectivity index (χ4v) is 3.84. The minimum atomic E-state index is -1.51. The van der Waals surface area contributed by atoms with Crippen molar-refractivity contribution in [2.24, 2.45) is 0 Å². The Hall–Kier alpha value is -2.50.